The fourth-order valence-electron chi connectivity index (χ4n) is 3.96. The van der Waals surface area contributed by atoms with Crippen LogP contribution in [0.3, 0.4) is 0 Å². The van der Waals surface area contributed by atoms with E-state index in [-0.39, 0.29) is 34.4 Å². The van der Waals surface area contributed by atoms with E-state index in [9.17, 15) is 14.4 Å². The monoisotopic (exact) mass is 357 g/mol. The smallest absolute Gasteiger partial charge is 0.261 e. The van der Waals surface area contributed by atoms with Crippen LogP contribution in [0.5, 0.6) is 0 Å². The highest BCUT2D eigenvalue weighted by Gasteiger charge is 2.32. The minimum absolute atomic E-state index is 0.127. The summed E-state index contributed by atoms with van der Waals surface area (Å²) in [5, 5.41) is 0. The summed E-state index contributed by atoms with van der Waals surface area (Å²) in [5.41, 5.74) is 2.09. The van der Waals surface area contributed by atoms with Crippen molar-refractivity contribution >= 4 is 11.8 Å². The van der Waals surface area contributed by atoms with Crippen molar-refractivity contribution in [1.29, 1.82) is 0 Å². The highest BCUT2D eigenvalue weighted by Crippen LogP contribution is 2.33. The number of hydrogen-bond acceptors (Lipinski definition) is 3. The number of carbonyl (C=O) groups excluding carboxylic acids is 2. The van der Waals surface area contributed by atoms with Crippen molar-refractivity contribution in [3.05, 3.63) is 45.9 Å². The highest BCUT2D eigenvalue weighted by molar-refractivity contribution is 5.94. The lowest BCUT2D eigenvalue weighted by atomic mass is 9.76. The van der Waals surface area contributed by atoms with Gasteiger partial charge in [0, 0.05) is 31.4 Å². The predicted molar refractivity (Wildman–Crippen MR) is 100 cm³/mol. The maximum absolute atomic E-state index is 13.0. The van der Waals surface area contributed by atoms with Crippen molar-refractivity contribution in [2.45, 2.75) is 46.1 Å². The van der Waals surface area contributed by atoms with E-state index < -0.39 is 0 Å². The Hall–Kier alpha value is -2.37. The van der Waals surface area contributed by atoms with Crippen LogP contribution in [-0.2, 0) is 17.6 Å². The average molecular weight is 357 g/mol. The largest absolute Gasteiger partial charge is 0.335 e. The second kappa shape index (κ2) is 6.74. The summed E-state index contributed by atoms with van der Waals surface area (Å²) in [6.07, 6.45) is 4.01. The number of aromatic amines is 1. The molecule has 0 radical (unpaired) electrons. The lowest BCUT2D eigenvalue weighted by Gasteiger charge is -2.39. The van der Waals surface area contributed by atoms with Gasteiger partial charge >= 0.3 is 0 Å². The molecule has 2 heterocycles. The van der Waals surface area contributed by atoms with Crippen molar-refractivity contribution in [2.75, 3.05) is 19.6 Å². The molecule has 6 nitrogen and oxygen atoms in total. The van der Waals surface area contributed by atoms with Gasteiger partial charge in [-0.25, -0.2) is 0 Å². The molecule has 2 amide bonds. The Morgan fingerprint density at radius 2 is 2.08 bits per heavy atom. The van der Waals surface area contributed by atoms with Gasteiger partial charge in [0.25, 0.3) is 11.5 Å². The Kier molecular flexibility index (Phi) is 4.78. The lowest BCUT2D eigenvalue weighted by Crippen LogP contribution is -2.55. The van der Waals surface area contributed by atoms with Crippen LogP contribution >= 0.6 is 0 Å². The summed E-state index contributed by atoms with van der Waals surface area (Å²) in [5.74, 6) is -0.381. The molecule has 1 N–H and O–H groups in total. The van der Waals surface area contributed by atoms with E-state index in [1.807, 2.05) is 6.92 Å². The SMILES string of the molecule is C=CC(=O)N1CCN(C(=O)c2cc3c([nH]c2=O)CCC(C)(C)C3)[C@@H](C)C1. The van der Waals surface area contributed by atoms with Gasteiger partial charge in [-0.05, 0) is 49.3 Å². The maximum Gasteiger partial charge on any atom is 0.261 e. The van der Waals surface area contributed by atoms with E-state index in [0.29, 0.717) is 19.6 Å². The standard InChI is InChI=1S/C20H27N3O3/c1-5-17(24)22-8-9-23(13(2)12-22)19(26)15-10-14-11-20(3,4)7-6-16(14)21-18(15)25/h5,10,13H,1,6-9,11-12H2,2-4H3,(H,21,25)/t13-/m0/s1. The van der Waals surface area contributed by atoms with E-state index in [4.69, 9.17) is 0 Å². The molecule has 1 atom stereocenters. The van der Waals surface area contributed by atoms with Crippen LogP contribution in [0.2, 0.25) is 0 Å². The number of nitrogens with one attached hydrogen (secondary N) is 1. The average Bonchev–Trinajstić information content (AvgIpc) is 2.59. The molecule has 1 fully saturated rings. The van der Waals surface area contributed by atoms with Gasteiger partial charge in [-0.15, -0.1) is 0 Å². The minimum Gasteiger partial charge on any atom is -0.335 e. The molecule has 6 heteroatoms. The van der Waals surface area contributed by atoms with Gasteiger partial charge in [-0.1, -0.05) is 20.4 Å². The number of fused-ring (bicyclic) bond motifs is 1. The first-order valence-electron chi connectivity index (χ1n) is 9.19. The maximum atomic E-state index is 13.0. The summed E-state index contributed by atoms with van der Waals surface area (Å²) >= 11 is 0. The zero-order valence-electron chi connectivity index (χ0n) is 15.8. The van der Waals surface area contributed by atoms with E-state index in [1.165, 1.54) is 6.08 Å². The third-order valence-corrected chi connectivity index (χ3v) is 5.54. The zero-order chi connectivity index (χ0) is 19.1. The van der Waals surface area contributed by atoms with Crippen LogP contribution < -0.4 is 5.56 Å². The molecule has 1 saturated heterocycles. The molecule has 0 aromatic carbocycles. The number of amides is 2. The lowest BCUT2D eigenvalue weighted by molar-refractivity contribution is -0.128. The van der Waals surface area contributed by atoms with Crippen LogP contribution in [0.15, 0.2) is 23.5 Å². The third-order valence-electron chi connectivity index (χ3n) is 5.54. The summed E-state index contributed by atoms with van der Waals surface area (Å²) in [4.78, 5) is 43.6. The molecule has 1 aliphatic heterocycles. The molecular weight excluding hydrogens is 330 g/mol. The van der Waals surface area contributed by atoms with Gasteiger partial charge in [-0.2, -0.15) is 0 Å². The summed E-state index contributed by atoms with van der Waals surface area (Å²) < 4.78 is 0. The number of pyridine rings is 1. The number of H-pyrrole nitrogens is 1. The molecule has 1 aromatic heterocycles. The molecule has 0 saturated carbocycles. The van der Waals surface area contributed by atoms with Crippen molar-refractivity contribution < 1.29 is 9.59 Å². The normalized spacial score (nSPS) is 21.9. The highest BCUT2D eigenvalue weighted by atomic mass is 16.2. The van der Waals surface area contributed by atoms with E-state index in [2.05, 4.69) is 25.4 Å². The van der Waals surface area contributed by atoms with E-state index >= 15 is 0 Å². The molecule has 3 rings (SSSR count). The summed E-state index contributed by atoms with van der Waals surface area (Å²) in [6.45, 7) is 11.2. The number of rotatable bonds is 2. The van der Waals surface area contributed by atoms with Gasteiger partial charge in [0.15, 0.2) is 0 Å². The predicted octanol–water partition coefficient (Wildman–Crippen LogP) is 1.75. The summed E-state index contributed by atoms with van der Waals surface area (Å²) in [7, 11) is 0. The number of carbonyl (C=O) groups is 2. The van der Waals surface area contributed by atoms with Gasteiger partial charge in [0.05, 0.1) is 0 Å². The first kappa shape index (κ1) is 18.4. The number of hydrogen-bond donors (Lipinski definition) is 1. The summed E-state index contributed by atoms with van der Waals surface area (Å²) in [6, 6.07) is 1.64. The number of nitrogens with zero attached hydrogens (tertiary/aromatic N) is 2. The number of aromatic nitrogens is 1. The molecule has 0 bridgehead atoms. The number of aryl methyl sites for hydroxylation is 1. The van der Waals surface area contributed by atoms with Crippen LogP contribution in [0.1, 0.15) is 48.8 Å². The topological polar surface area (TPSA) is 73.5 Å². The van der Waals surface area contributed by atoms with Gasteiger partial charge < -0.3 is 14.8 Å². The molecule has 2 aliphatic rings. The Bertz CT molecular complexity index is 809. The first-order chi connectivity index (χ1) is 12.2. The Labute approximate surface area is 153 Å². The van der Waals surface area contributed by atoms with Crippen molar-refractivity contribution in [3.8, 4) is 0 Å². The second-order valence-corrected chi connectivity index (χ2v) is 8.19. The molecule has 0 unspecified atom stereocenters. The zero-order valence-corrected chi connectivity index (χ0v) is 15.8. The Morgan fingerprint density at radius 1 is 1.35 bits per heavy atom. The molecular formula is C20H27N3O3. The van der Waals surface area contributed by atoms with E-state index in [1.54, 1.807) is 15.9 Å². The first-order valence-corrected chi connectivity index (χ1v) is 9.19. The fraction of sp³-hybridized carbons (Fsp3) is 0.550. The molecule has 140 valence electrons. The van der Waals surface area contributed by atoms with Crippen molar-refractivity contribution in [3.63, 3.8) is 0 Å². The molecule has 1 aliphatic carbocycles. The second-order valence-electron chi connectivity index (χ2n) is 8.19. The molecule has 1 aromatic rings. The Balaban J connectivity index is 1.83. The van der Waals surface area contributed by atoms with Gasteiger partial charge in [-0.3, -0.25) is 14.4 Å². The van der Waals surface area contributed by atoms with Crippen LogP contribution in [0.25, 0.3) is 0 Å². The van der Waals surface area contributed by atoms with Crippen LogP contribution in [-0.4, -0.2) is 52.3 Å². The third kappa shape index (κ3) is 3.45. The van der Waals surface area contributed by atoms with Crippen molar-refractivity contribution in [2.24, 2.45) is 5.41 Å². The minimum atomic E-state index is -0.315. The van der Waals surface area contributed by atoms with Crippen LogP contribution in [0.4, 0.5) is 0 Å². The molecule has 0 spiro atoms. The van der Waals surface area contributed by atoms with Gasteiger partial charge in [0.1, 0.15) is 5.56 Å². The van der Waals surface area contributed by atoms with Crippen LogP contribution in [0, 0.1) is 5.41 Å². The van der Waals surface area contributed by atoms with E-state index in [0.717, 1.165) is 30.5 Å². The molecule has 26 heavy (non-hydrogen) atoms. The van der Waals surface area contributed by atoms with Crippen molar-refractivity contribution in [1.82, 2.24) is 14.8 Å². The fourth-order valence-corrected chi connectivity index (χ4v) is 3.96. The Morgan fingerprint density at radius 3 is 2.73 bits per heavy atom. The number of piperazine rings is 1. The van der Waals surface area contributed by atoms with Gasteiger partial charge in [0.2, 0.25) is 5.91 Å². The quantitative estimate of drug-likeness (QED) is 0.820.